The first-order valence-electron chi connectivity index (χ1n) is 5.35. The Labute approximate surface area is 95.9 Å². The van der Waals surface area contributed by atoms with Crippen LogP contribution < -0.4 is 5.73 Å². The van der Waals surface area contributed by atoms with Gasteiger partial charge in [-0.3, -0.25) is 9.59 Å². The molecule has 0 radical (unpaired) electrons. The Bertz CT molecular complexity index is 250. The third-order valence-electron chi connectivity index (χ3n) is 2.40. The summed E-state index contributed by atoms with van der Waals surface area (Å²) in [5.74, 6) is -1.08. The van der Waals surface area contributed by atoms with Crippen molar-refractivity contribution in [3.8, 4) is 0 Å². The topological polar surface area (TPSA) is 83.6 Å². The third-order valence-corrected chi connectivity index (χ3v) is 2.40. The Hall–Kier alpha value is -1.36. The molecule has 0 aromatic carbocycles. The van der Waals surface area contributed by atoms with E-state index < -0.39 is 5.97 Å². The zero-order valence-corrected chi connectivity index (χ0v) is 9.69. The van der Waals surface area contributed by atoms with Gasteiger partial charge < -0.3 is 15.7 Å². The maximum Gasteiger partial charge on any atom is 0.323 e. The van der Waals surface area contributed by atoms with Crippen molar-refractivity contribution in [1.29, 1.82) is 0 Å². The van der Waals surface area contributed by atoms with Crippen LogP contribution in [0.15, 0.2) is 12.7 Å². The number of nitrogens with zero attached hydrogens (tertiary/aromatic N) is 1. The van der Waals surface area contributed by atoms with E-state index in [1.807, 2.05) is 6.92 Å². The number of aliphatic carboxylic acids is 1. The highest BCUT2D eigenvalue weighted by atomic mass is 16.4. The summed E-state index contributed by atoms with van der Waals surface area (Å²) in [7, 11) is 0. The Kier molecular flexibility index (Phi) is 7.20. The number of carboxylic acids is 1. The molecule has 1 atom stereocenters. The lowest BCUT2D eigenvalue weighted by molar-refractivity contribution is -0.144. The molecule has 5 heteroatoms. The molecule has 0 aromatic heterocycles. The van der Waals surface area contributed by atoms with Crippen LogP contribution in [0.25, 0.3) is 0 Å². The highest BCUT2D eigenvalue weighted by molar-refractivity contribution is 5.81. The fourth-order valence-electron chi connectivity index (χ4n) is 1.34. The Morgan fingerprint density at radius 1 is 1.56 bits per heavy atom. The van der Waals surface area contributed by atoms with Gasteiger partial charge in [-0.25, -0.2) is 0 Å². The van der Waals surface area contributed by atoms with Crippen molar-refractivity contribution in [3.63, 3.8) is 0 Å². The summed E-state index contributed by atoms with van der Waals surface area (Å²) < 4.78 is 0. The molecular formula is C11H20N2O3. The molecule has 0 aliphatic rings. The van der Waals surface area contributed by atoms with Gasteiger partial charge in [0.2, 0.25) is 5.91 Å². The average molecular weight is 228 g/mol. The minimum absolute atomic E-state index is 0.119. The predicted molar refractivity (Wildman–Crippen MR) is 61.9 cm³/mol. The largest absolute Gasteiger partial charge is 0.480 e. The lowest BCUT2D eigenvalue weighted by Crippen LogP contribution is -2.37. The van der Waals surface area contributed by atoms with Crippen LogP contribution in [0.2, 0.25) is 0 Å². The van der Waals surface area contributed by atoms with Gasteiger partial charge in [0.1, 0.15) is 6.54 Å². The van der Waals surface area contributed by atoms with Gasteiger partial charge in [0.15, 0.2) is 0 Å². The second-order valence-electron chi connectivity index (χ2n) is 3.67. The smallest absolute Gasteiger partial charge is 0.323 e. The first kappa shape index (κ1) is 14.6. The minimum Gasteiger partial charge on any atom is -0.480 e. The van der Waals surface area contributed by atoms with Crippen molar-refractivity contribution >= 4 is 11.9 Å². The second kappa shape index (κ2) is 7.87. The molecular weight excluding hydrogens is 208 g/mol. The van der Waals surface area contributed by atoms with Crippen LogP contribution in [0.4, 0.5) is 0 Å². The molecule has 0 heterocycles. The molecule has 0 spiro atoms. The van der Waals surface area contributed by atoms with Crippen molar-refractivity contribution < 1.29 is 14.7 Å². The van der Waals surface area contributed by atoms with Crippen molar-refractivity contribution in [3.05, 3.63) is 12.7 Å². The molecule has 0 aromatic rings. The Morgan fingerprint density at radius 3 is 2.56 bits per heavy atom. The van der Waals surface area contributed by atoms with E-state index in [1.54, 1.807) is 0 Å². The van der Waals surface area contributed by atoms with Crippen molar-refractivity contribution in [2.45, 2.75) is 19.8 Å². The molecule has 3 N–H and O–H groups in total. The molecule has 0 bridgehead atoms. The van der Waals surface area contributed by atoms with Gasteiger partial charge in [-0.05, 0) is 12.5 Å². The highest BCUT2D eigenvalue weighted by Gasteiger charge is 2.18. The molecule has 0 aliphatic carbocycles. The summed E-state index contributed by atoms with van der Waals surface area (Å²) in [6, 6.07) is 0. The molecule has 1 unspecified atom stereocenters. The van der Waals surface area contributed by atoms with Crippen molar-refractivity contribution in [1.82, 2.24) is 4.90 Å². The fraction of sp³-hybridized carbons (Fsp3) is 0.636. The Balaban J connectivity index is 4.35. The molecule has 0 fully saturated rings. The number of amides is 1. The molecule has 0 rings (SSSR count). The molecule has 0 aliphatic heterocycles. The summed E-state index contributed by atoms with van der Waals surface area (Å²) in [6.45, 7) is 5.87. The first-order valence-corrected chi connectivity index (χ1v) is 5.35. The lowest BCUT2D eigenvalue weighted by Gasteiger charge is -2.21. The highest BCUT2D eigenvalue weighted by Crippen LogP contribution is 2.08. The monoisotopic (exact) mass is 228 g/mol. The van der Waals surface area contributed by atoms with E-state index in [9.17, 15) is 9.59 Å². The van der Waals surface area contributed by atoms with Gasteiger partial charge in [0.25, 0.3) is 0 Å². The van der Waals surface area contributed by atoms with Gasteiger partial charge in [-0.1, -0.05) is 19.4 Å². The second-order valence-corrected chi connectivity index (χ2v) is 3.67. The van der Waals surface area contributed by atoms with Crippen LogP contribution in [0.3, 0.4) is 0 Å². The zero-order valence-electron chi connectivity index (χ0n) is 9.69. The van der Waals surface area contributed by atoms with Crippen LogP contribution in [0, 0.1) is 5.92 Å². The number of carbonyl (C=O) groups excluding carboxylic acids is 1. The summed E-state index contributed by atoms with van der Waals surface area (Å²) in [4.78, 5) is 23.6. The van der Waals surface area contributed by atoms with Crippen LogP contribution in [0.5, 0.6) is 0 Å². The first-order chi connectivity index (χ1) is 7.54. The molecule has 0 saturated heterocycles. The van der Waals surface area contributed by atoms with E-state index in [4.69, 9.17) is 10.8 Å². The standard InChI is InChI=1S/C11H20N2O3/c1-3-5-13(8-11(15)16)10(14)6-9(4-2)7-12/h3,9H,1,4-8,12H2,2H3,(H,15,16). The molecule has 1 amide bonds. The van der Waals surface area contributed by atoms with E-state index in [2.05, 4.69) is 6.58 Å². The normalized spacial score (nSPS) is 11.9. The zero-order chi connectivity index (χ0) is 12.6. The summed E-state index contributed by atoms with van der Waals surface area (Å²) >= 11 is 0. The number of nitrogens with two attached hydrogens (primary N) is 1. The molecule has 16 heavy (non-hydrogen) atoms. The minimum atomic E-state index is -1.02. The van der Waals surface area contributed by atoms with E-state index in [1.165, 1.54) is 11.0 Å². The average Bonchev–Trinajstić information content (AvgIpc) is 2.24. The van der Waals surface area contributed by atoms with Gasteiger partial charge in [-0.2, -0.15) is 0 Å². The van der Waals surface area contributed by atoms with Crippen LogP contribution in [0.1, 0.15) is 19.8 Å². The lowest BCUT2D eigenvalue weighted by atomic mass is 10.0. The van der Waals surface area contributed by atoms with E-state index in [0.717, 1.165) is 6.42 Å². The van der Waals surface area contributed by atoms with E-state index in [0.29, 0.717) is 13.0 Å². The summed E-state index contributed by atoms with van der Waals surface area (Å²) in [6.07, 6.45) is 2.63. The van der Waals surface area contributed by atoms with Crippen LogP contribution >= 0.6 is 0 Å². The SMILES string of the molecule is C=CCN(CC(=O)O)C(=O)CC(CC)CN. The summed E-state index contributed by atoms with van der Waals surface area (Å²) in [5, 5.41) is 8.66. The maximum absolute atomic E-state index is 11.8. The third kappa shape index (κ3) is 5.50. The molecule has 0 saturated carbocycles. The summed E-state index contributed by atoms with van der Waals surface area (Å²) in [5.41, 5.74) is 5.50. The number of hydrogen-bond donors (Lipinski definition) is 2. The van der Waals surface area contributed by atoms with Gasteiger partial charge in [0.05, 0.1) is 0 Å². The van der Waals surface area contributed by atoms with Crippen molar-refractivity contribution in [2.24, 2.45) is 11.7 Å². The van der Waals surface area contributed by atoms with Gasteiger partial charge in [-0.15, -0.1) is 6.58 Å². The number of hydrogen-bond acceptors (Lipinski definition) is 3. The van der Waals surface area contributed by atoms with Gasteiger partial charge in [0, 0.05) is 13.0 Å². The van der Waals surface area contributed by atoms with Gasteiger partial charge >= 0.3 is 5.97 Å². The number of rotatable bonds is 8. The number of carbonyl (C=O) groups is 2. The van der Waals surface area contributed by atoms with E-state index in [-0.39, 0.29) is 24.9 Å². The van der Waals surface area contributed by atoms with Crippen LogP contribution in [-0.2, 0) is 9.59 Å². The predicted octanol–water partition coefficient (Wildman–Crippen LogP) is 0.461. The maximum atomic E-state index is 11.8. The molecule has 92 valence electrons. The van der Waals surface area contributed by atoms with E-state index >= 15 is 0 Å². The number of carboxylic acid groups (broad SMARTS) is 1. The fourth-order valence-corrected chi connectivity index (χ4v) is 1.34. The quantitative estimate of drug-likeness (QED) is 0.591. The molecule has 5 nitrogen and oxygen atoms in total. The van der Waals surface area contributed by atoms with Crippen LogP contribution in [-0.4, -0.2) is 41.5 Å². The van der Waals surface area contributed by atoms with Crippen molar-refractivity contribution in [2.75, 3.05) is 19.6 Å². The Morgan fingerprint density at radius 2 is 2.19 bits per heavy atom.